The molecule has 0 heterocycles. The van der Waals surface area contributed by atoms with E-state index in [4.69, 9.17) is 4.74 Å². The van der Waals surface area contributed by atoms with Crippen molar-refractivity contribution in [2.75, 3.05) is 7.11 Å². The topological polar surface area (TPSA) is 41.8 Å². The van der Waals surface area contributed by atoms with Gasteiger partial charge in [-0.05, 0) is 17.7 Å². The summed E-state index contributed by atoms with van der Waals surface area (Å²) in [5, 5.41) is 9.87. The van der Waals surface area contributed by atoms with E-state index in [9.17, 15) is 5.11 Å². The molecule has 0 bridgehead atoms. The summed E-state index contributed by atoms with van der Waals surface area (Å²) in [6, 6.07) is 15.3. The number of rotatable bonds is 4. The molecule has 0 aliphatic heterocycles. The van der Waals surface area contributed by atoms with Gasteiger partial charge in [-0.1, -0.05) is 36.4 Å². The molecule has 3 heteroatoms. The number of para-hydroxylation sites is 1. The SMILES string of the molecule is COc1cccc(C=NCc2ccccc2)c1O. The van der Waals surface area contributed by atoms with Gasteiger partial charge in [-0.15, -0.1) is 0 Å². The lowest BCUT2D eigenvalue weighted by molar-refractivity contribution is 0.373. The first-order valence-corrected chi connectivity index (χ1v) is 5.71. The van der Waals surface area contributed by atoms with E-state index in [1.807, 2.05) is 36.4 Å². The second-order valence-electron chi connectivity index (χ2n) is 3.85. The lowest BCUT2D eigenvalue weighted by atomic mass is 10.2. The molecule has 1 N–H and O–H groups in total. The third-order valence-electron chi connectivity index (χ3n) is 2.60. The molecule has 0 radical (unpaired) electrons. The molecule has 0 unspecified atom stereocenters. The van der Waals surface area contributed by atoms with E-state index in [1.165, 1.54) is 7.11 Å². The molecule has 0 fully saturated rings. The monoisotopic (exact) mass is 241 g/mol. The molecule has 0 atom stereocenters. The molecule has 2 rings (SSSR count). The molecule has 0 spiro atoms. The average molecular weight is 241 g/mol. The maximum absolute atomic E-state index is 9.87. The minimum Gasteiger partial charge on any atom is -0.504 e. The van der Waals surface area contributed by atoms with Crippen molar-refractivity contribution >= 4 is 6.21 Å². The number of aromatic hydroxyl groups is 1. The Morgan fingerprint density at radius 1 is 1.11 bits per heavy atom. The lowest BCUT2D eigenvalue weighted by Gasteiger charge is -2.04. The molecule has 0 aliphatic rings. The van der Waals surface area contributed by atoms with Crippen molar-refractivity contribution in [1.82, 2.24) is 0 Å². The van der Waals surface area contributed by atoms with Crippen LogP contribution in [0, 0.1) is 0 Å². The zero-order chi connectivity index (χ0) is 12.8. The van der Waals surface area contributed by atoms with E-state index >= 15 is 0 Å². The van der Waals surface area contributed by atoms with Crippen LogP contribution in [0.4, 0.5) is 0 Å². The Labute approximate surface area is 106 Å². The van der Waals surface area contributed by atoms with Crippen LogP contribution in [0.3, 0.4) is 0 Å². The van der Waals surface area contributed by atoms with E-state index in [2.05, 4.69) is 4.99 Å². The number of phenolic OH excluding ortho intramolecular Hbond substituents is 1. The number of phenols is 1. The van der Waals surface area contributed by atoms with Crippen LogP contribution in [0.25, 0.3) is 0 Å². The van der Waals surface area contributed by atoms with Crippen molar-refractivity contribution in [3.63, 3.8) is 0 Å². The van der Waals surface area contributed by atoms with Crippen molar-refractivity contribution in [2.45, 2.75) is 6.54 Å². The maximum atomic E-state index is 9.87. The van der Waals surface area contributed by atoms with E-state index < -0.39 is 0 Å². The fourth-order valence-electron chi connectivity index (χ4n) is 1.64. The number of benzene rings is 2. The molecule has 0 saturated heterocycles. The van der Waals surface area contributed by atoms with Gasteiger partial charge in [0.05, 0.1) is 13.7 Å². The normalized spacial score (nSPS) is 10.7. The highest BCUT2D eigenvalue weighted by Gasteiger charge is 2.04. The summed E-state index contributed by atoms with van der Waals surface area (Å²) in [7, 11) is 1.53. The maximum Gasteiger partial charge on any atom is 0.166 e. The summed E-state index contributed by atoms with van der Waals surface area (Å²) in [6.45, 7) is 0.595. The van der Waals surface area contributed by atoms with Crippen LogP contribution in [0.1, 0.15) is 11.1 Å². The van der Waals surface area contributed by atoms with Crippen molar-refractivity contribution in [3.8, 4) is 11.5 Å². The quantitative estimate of drug-likeness (QED) is 0.836. The Hall–Kier alpha value is -2.29. The van der Waals surface area contributed by atoms with Crippen molar-refractivity contribution in [2.24, 2.45) is 4.99 Å². The molecule has 3 nitrogen and oxygen atoms in total. The molecule has 2 aromatic rings. The lowest BCUT2D eigenvalue weighted by Crippen LogP contribution is -1.89. The van der Waals surface area contributed by atoms with Gasteiger partial charge in [0.25, 0.3) is 0 Å². The summed E-state index contributed by atoms with van der Waals surface area (Å²) in [4.78, 5) is 4.31. The first-order chi connectivity index (χ1) is 8.81. The van der Waals surface area contributed by atoms with E-state index in [1.54, 1.807) is 18.3 Å². The van der Waals surface area contributed by atoms with Gasteiger partial charge >= 0.3 is 0 Å². The molecular weight excluding hydrogens is 226 g/mol. The van der Waals surface area contributed by atoms with Crippen molar-refractivity contribution in [3.05, 3.63) is 59.7 Å². The minimum atomic E-state index is 0.122. The van der Waals surface area contributed by atoms with Crippen LogP contribution in [-0.2, 0) is 6.54 Å². The van der Waals surface area contributed by atoms with Gasteiger partial charge in [-0.25, -0.2) is 0 Å². The van der Waals surface area contributed by atoms with E-state index in [0.717, 1.165) is 5.56 Å². The van der Waals surface area contributed by atoms with Crippen molar-refractivity contribution in [1.29, 1.82) is 0 Å². The van der Waals surface area contributed by atoms with E-state index in [0.29, 0.717) is 17.9 Å². The Morgan fingerprint density at radius 2 is 1.89 bits per heavy atom. The van der Waals surface area contributed by atoms with Gasteiger partial charge in [0, 0.05) is 11.8 Å². The molecule has 2 aromatic carbocycles. The molecule has 92 valence electrons. The number of nitrogens with zero attached hydrogens (tertiary/aromatic N) is 1. The largest absolute Gasteiger partial charge is 0.504 e. The van der Waals surface area contributed by atoms with Crippen molar-refractivity contribution < 1.29 is 9.84 Å². The van der Waals surface area contributed by atoms with Gasteiger partial charge in [0.15, 0.2) is 11.5 Å². The number of methoxy groups -OCH3 is 1. The minimum absolute atomic E-state index is 0.122. The highest BCUT2D eigenvalue weighted by molar-refractivity contribution is 5.84. The Morgan fingerprint density at radius 3 is 2.61 bits per heavy atom. The van der Waals surface area contributed by atoms with Gasteiger partial charge in [-0.3, -0.25) is 4.99 Å². The average Bonchev–Trinajstić information content (AvgIpc) is 2.42. The second kappa shape index (κ2) is 5.87. The molecule has 0 aromatic heterocycles. The van der Waals surface area contributed by atoms with Crippen LogP contribution in [-0.4, -0.2) is 18.4 Å². The van der Waals surface area contributed by atoms with E-state index in [-0.39, 0.29) is 5.75 Å². The third-order valence-corrected chi connectivity index (χ3v) is 2.60. The third kappa shape index (κ3) is 2.88. The Balaban J connectivity index is 2.10. The first-order valence-electron chi connectivity index (χ1n) is 5.71. The highest BCUT2D eigenvalue weighted by atomic mass is 16.5. The number of hydrogen-bond donors (Lipinski definition) is 1. The van der Waals surface area contributed by atoms with Gasteiger partial charge < -0.3 is 9.84 Å². The second-order valence-corrected chi connectivity index (χ2v) is 3.85. The number of aliphatic imine (C=N–C) groups is 1. The van der Waals surface area contributed by atoms with Gasteiger partial charge in [-0.2, -0.15) is 0 Å². The van der Waals surface area contributed by atoms with Crippen LogP contribution in [0.5, 0.6) is 11.5 Å². The molecule has 18 heavy (non-hydrogen) atoms. The van der Waals surface area contributed by atoms with Crippen LogP contribution in [0.15, 0.2) is 53.5 Å². The fourth-order valence-corrected chi connectivity index (χ4v) is 1.64. The smallest absolute Gasteiger partial charge is 0.166 e. The number of hydrogen-bond acceptors (Lipinski definition) is 3. The predicted octanol–water partition coefficient (Wildman–Crippen LogP) is 3.02. The first kappa shape index (κ1) is 12.2. The Kier molecular flexibility index (Phi) is 3.97. The standard InChI is InChI=1S/C15H15NO2/c1-18-14-9-5-8-13(15(14)17)11-16-10-12-6-3-2-4-7-12/h2-9,11,17H,10H2,1H3. The predicted molar refractivity (Wildman–Crippen MR) is 72.4 cm³/mol. The summed E-state index contributed by atoms with van der Waals surface area (Å²) in [6.07, 6.45) is 1.66. The zero-order valence-electron chi connectivity index (χ0n) is 10.2. The van der Waals surface area contributed by atoms with Crippen LogP contribution in [0.2, 0.25) is 0 Å². The highest BCUT2D eigenvalue weighted by Crippen LogP contribution is 2.28. The Bertz CT molecular complexity index is 535. The van der Waals surface area contributed by atoms with Gasteiger partial charge in [0.1, 0.15) is 0 Å². The summed E-state index contributed by atoms with van der Waals surface area (Å²) in [5.74, 6) is 0.579. The number of ether oxygens (including phenoxy) is 1. The van der Waals surface area contributed by atoms with Gasteiger partial charge in [0.2, 0.25) is 0 Å². The van der Waals surface area contributed by atoms with Crippen LogP contribution >= 0.6 is 0 Å². The molecule has 0 saturated carbocycles. The summed E-state index contributed by atoms with van der Waals surface area (Å²) >= 11 is 0. The summed E-state index contributed by atoms with van der Waals surface area (Å²) in [5.41, 5.74) is 1.79. The molecule has 0 aliphatic carbocycles. The zero-order valence-corrected chi connectivity index (χ0v) is 10.2. The molecular formula is C15H15NO2. The fraction of sp³-hybridized carbons (Fsp3) is 0.133. The van der Waals surface area contributed by atoms with Crippen LogP contribution < -0.4 is 4.74 Å². The summed E-state index contributed by atoms with van der Waals surface area (Å²) < 4.78 is 5.04. The molecule has 0 amide bonds.